The van der Waals surface area contributed by atoms with Crippen LogP contribution in [0.2, 0.25) is 0 Å². The van der Waals surface area contributed by atoms with Gasteiger partial charge in [-0.15, -0.1) is 0 Å². The Morgan fingerprint density at radius 1 is 1.12 bits per heavy atom. The Kier molecular flexibility index (Phi) is 4.42. The van der Waals surface area contributed by atoms with Gasteiger partial charge >= 0.3 is 0 Å². The van der Waals surface area contributed by atoms with Crippen LogP contribution in [0.1, 0.15) is 18.1 Å². The van der Waals surface area contributed by atoms with E-state index in [1.165, 1.54) is 0 Å². The van der Waals surface area contributed by atoms with Crippen molar-refractivity contribution < 1.29 is 19.0 Å². The quantitative estimate of drug-likeness (QED) is 0.854. The second kappa shape index (κ2) is 6.66. The van der Waals surface area contributed by atoms with Crippen molar-refractivity contribution in [2.45, 2.75) is 6.92 Å². The fourth-order valence-corrected chi connectivity index (χ4v) is 2.75. The predicted octanol–water partition coefficient (Wildman–Crippen LogP) is 3.60. The lowest BCUT2D eigenvalue weighted by molar-refractivity contribution is -0.110. The summed E-state index contributed by atoms with van der Waals surface area (Å²) in [6.07, 6.45) is 1.81. The summed E-state index contributed by atoms with van der Waals surface area (Å²) in [4.78, 5) is 12.4. The fraction of sp³-hybridized carbons (Fsp3) is 0.211. The molecule has 0 spiro atoms. The number of hydrogen-bond donors (Lipinski definition) is 1. The number of methoxy groups -OCH3 is 2. The maximum atomic E-state index is 12.4. The number of rotatable bonds is 5. The molecule has 0 bridgehead atoms. The zero-order valence-corrected chi connectivity index (χ0v) is 13.9. The van der Waals surface area contributed by atoms with Gasteiger partial charge in [-0.05, 0) is 31.2 Å². The van der Waals surface area contributed by atoms with Crippen LogP contribution in [-0.4, -0.2) is 26.7 Å². The van der Waals surface area contributed by atoms with Gasteiger partial charge in [0.25, 0.3) is 5.91 Å². The number of benzene rings is 2. The van der Waals surface area contributed by atoms with Crippen molar-refractivity contribution in [3.63, 3.8) is 0 Å². The molecule has 3 rings (SSSR count). The average molecular weight is 325 g/mol. The largest absolute Gasteiger partial charge is 0.494 e. The normalized spacial score (nSPS) is 14.3. The Bertz CT molecular complexity index is 811. The van der Waals surface area contributed by atoms with E-state index >= 15 is 0 Å². The molecule has 5 nitrogen and oxygen atoms in total. The minimum atomic E-state index is -0.150. The van der Waals surface area contributed by atoms with Gasteiger partial charge in [0.2, 0.25) is 0 Å². The lowest BCUT2D eigenvalue weighted by Gasteiger charge is -2.10. The third kappa shape index (κ3) is 2.80. The van der Waals surface area contributed by atoms with Crippen LogP contribution in [0, 0.1) is 0 Å². The summed E-state index contributed by atoms with van der Waals surface area (Å²) < 4.78 is 16.2. The smallest absolute Gasteiger partial charge is 0.256 e. The van der Waals surface area contributed by atoms with Crippen molar-refractivity contribution >= 4 is 23.2 Å². The van der Waals surface area contributed by atoms with Crippen molar-refractivity contribution in [3.05, 3.63) is 47.5 Å². The first kappa shape index (κ1) is 15.9. The van der Waals surface area contributed by atoms with Gasteiger partial charge in [0.1, 0.15) is 5.75 Å². The summed E-state index contributed by atoms with van der Waals surface area (Å²) in [7, 11) is 3.17. The number of ether oxygens (including phenoxy) is 3. The number of fused-ring (bicyclic) bond motifs is 1. The van der Waals surface area contributed by atoms with Gasteiger partial charge in [0.05, 0.1) is 26.5 Å². The molecule has 0 radical (unpaired) electrons. The molecule has 5 heteroatoms. The first-order chi connectivity index (χ1) is 11.7. The van der Waals surface area contributed by atoms with E-state index in [-0.39, 0.29) is 5.91 Å². The van der Waals surface area contributed by atoms with E-state index in [0.717, 1.165) is 22.6 Å². The van der Waals surface area contributed by atoms with Crippen molar-refractivity contribution in [2.75, 3.05) is 26.1 Å². The van der Waals surface area contributed by atoms with Crippen molar-refractivity contribution in [1.82, 2.24) is 0 Å². The summed E-state index contributed by atoms with van der Waals surface area (Å²) in [5.41, 5.74) is 2.95. The number of amides is 1. The van der Waals surface area contributed by atoms with Crippen LogP contribution in [-0.2, 0) is 4.79 Å². The number of nitrogens with one attached hydrogen (secondary N) is 1. The van der Waals surface area contributed by atoms with Gasteiger partial charge in [0.15, 0.2) is 11.5 Å². The van der Waals surface area contributed by atoms with E-state index in [9.17, 15) is 4.79 Å². The molecule has 0 atom stereocenters. The second-order valence-electron chi connectivity index (χ2n) is 5.24. The summed E-state index contributed by atoms with van der Waals surface area (Å²) in [6, 6.07) is 11.1. The standard InChI is InChI=1S/C19H19NO4/c1-4-24-13-8-9-14-15(19(21)20-16(14)11-13)10-12-6-5-7-17(22-2)18(12)23-3/h5-11H,4H2,1-3H3,(H,20,21)/b15-10+. The molecule has 0 aliphatic carbocycles. The maximum absolute atomic E-state index is 12.4. The maximum Gasteiger partial charge on any atom is 0.256 e. The highest BCUT2D eigenvalue weighted by molar-refractivity contribution is 6.35. The molecule has 124 valence electrons. The number of para-hydroxylation sites is 1. The molecule has 0 fully saturated rings. The van der Waals surface area contributed by atoms with Crippen LogP contribution in [0.4, 0.5) is 5.69 Å². The van der Waals surface area contributed by atoms with Crippen molar-refractivity contribution in [3.8, 4) is 17.2 Å². The van der Waals surface area contributed by atoms with Crippen LogP contribution in [0.3, 0.4) is 0 Å². The highest BCUT2D eigenvalue weighted by Gasteiger charge is 2.25. The summed E-state index contributed by atoms with van der Waals surface area (Å²) >= 11 is 0. The molecule has 0 unspecified atom stereocenters. The molecule has 2 aromatic carbocycles. The third-order valence-corrected chi connectivity index (χ3v) is 3.82. The minimum Gasteiger partial charge on any atom is -0.494 e. The number of hydrogen-bond acceptors (Lipinski definition) is 4. The Morgan fingerprint density at radius 3 is 2.67 bits per heavy atom. The molecule has 1 aliphatic heterocycles. The van der Waals surface area contributed by atoms with Crippen LogP contribution < -0.4 is 19.5 Å². The summed E-state index contributed by atoms with van der Waals surface area (Å²) in [5, 5.41) is 2.87. The number of carbonyl (C=O) groups excluding carboxylic acids is 1. The van der Waals surface area contributed by atoms with Gasteiger partial charge < -0.3 is 19.5 Å². The SMILES string of the molecule is CCOc1ccc2c(c1)NC(=O)/C2=C/c1cccc(OC)c1OC. The van der Waals surface area contributed by atoms with Crippen LogP contribution in [0.15, 0.2) is 36.4 Å². The summed E-state index contributed by atoms with van der Waals surface area (Å²) in [5.74, 6) is 1.80. The molecule has 0 aromatic heterocycles. The van der Waals surface area contributed by atoms with E-state index in [2.05, 4.69) is 5.32 Å². The van der Waals surface area contributed by atoms with Gasteiger partial charge in [-0.1, -0.05) is 12.1 Å². The van der Waals surface area contributed by atoms with E-state index in [1.807, 2.05) is 49.4 Å². The Morgan fingerprint density at radius 2 is 1.96 bits per heavy atom. The molecule has 24 heavy (non-hydrogen) atoms. The number of anilines is 1. The lowest BCUT2D eigenvalue weighted by atomic mass is 10.0. The first-order valence-corrected chi connectivity index (χ1v) is 7.69. The first-order valence-electron chi connectivity index (χ1n) is 7.69. The highest BCUT2D eigenvalue weighted by atomic mass is 16.5. The fourth-order valence-electron chi connectivity index (χ4n) is 2.75. The van der Waals surface area contributed by atoms with Crippen LogP contribution in [0.5, 0.6) is 17.2 Å². The molecular formula is C19H19NO4. The van der Waals surface area contributed by atoms with Crippen molar-refractivity contribution in [1.29, 1.82) is 0 Å². The highest BCUT2D eigenvalue weighted by Crippen LogP contribution is 2.38. The minimum absolute atomic E-state index is 0.150. The molecule has 1 amide bonds. The van der Waals surface area contributed by atoms with Crippen LogP contribution >= 0.6 is 0 Å². The molecule has 0 saturated carbocycles. The van der Waals surface area contributed by atoms with Gasteiger partial charge in [-0.2, -0.15) is 0 Å². The van der Waals surface area contributed by atoms with Crippen molar-refractivity contribution in [2.24, 2.45) is 0 Å². The van der Waals surface area contributed by atoms with E-state index < -0.39 is 0 Å². The van der Waals surface area contributed by atoms with Gasteiger partial charge in [0, 0.05) is 22.8 Å². The van der Waals surface area contributed by atoms with E-state index in [1.54, 1.807) is 14.2 Å². The Balaban J connectivity index is 2.05. The predicted molar refractivity (Wildman–Crippen MR) is 93.7 cm³/mol. The Labute approximate surface area is 140 Å². The molecule has 1 heterocycles. The zero-order chi connectivity index (χ0) is 17.1. The molecule has 2 aromatic rings. The topological polar surface area (TPSA) is 56.8 Å². The van der Waals surface area contributed by atoms with Gasteiger partial charge in [-0.25, -0.2) is 0 Å². The van der Waals surface area contributed by atoms with E-state index in [4.69, 9.17) is 14.2 Å². The second-order valence-corrected chi connectivity index (χ2v) is 5.24. The van der Waals surface area contributed by atoms with E-state index in [0.29, 0.717) is 23.7 Å². The number of carbonyl (C=O) groups is 1. The Hall–Kier alpha value is -2.95. The lowest BCUT2D eigenvalue weighted by Crippen LogP contribution is -2.04. The monoisotopic (exact) mass is 325 g/mol. The zero-order valence-electron chi connectivity index (χ0n) is 13.9. The average Bonchev–Trinajstić information content (AvgIpc) is 2.90. The molecule has 1 aliphatic rings. The molecule has 0 saturated heterocycles. The molecular weight excluding hydrogens is 306 g/mol. The molecule has 1 N–H and O–H groups in total. The van der Waals surface area contributed by atoms with Crippen LogP contribution in [0.25, 0.3) is 11.6 Å². The summed E-state index contributed by atoms with van der Waals surface area (Å²) in [6.45, 7) is 2.50. The van der Waals surface area contributed by atoms with Gasteiger partial charge in [-0.3, -0.25) is 4.79 Å². The third-order valence-electron chi connectivity index (χ3n) is 3.82.